The molecular formula is C26H29N5O2. The van der Waals surface area contributed by atoms with Crippen molar-refractivity contribution in [1.29, 1.82) is 0 Å². The van der Waals surface area contributed by atoms with Crippen molar-refractivity contribution in [3.8, 4) is 16.9 Å². The Morgan fingerprint density at radius 3 is 2.61 bits per heavy atom. The summed E-state index contributed by atoms with van der Waals surface area (Å²) in [5.74, 6) is 2.08. The van der Waals surface area contributed by atoms with Gasteiger partial charge in [-0.2, -0.15) is 0 Å². The van der Waals surface area contributed by atoms with Gasteiger partial charge in [0.05, 0.1) is 18.7 Å². The van der Waals surface area contributed by atoms with Crippen molar-refractivity contribution in [3.63, 3.8) is 0 Å². The third-order valence-corrected chi connectivity index (χ3v) is 5.74. The van der Waals surface area contributed by atoms with Gasteiger partial charge >= 0.3 is 0 Å². The lowest BCUT2D eigenvalue weighted by Crippen LogP contribution is -2.17. The van der Waals surface area contributed by atoms with Crippen molar-refractivity contribution >= 4 is 22.4 Å². The number of pyridine rings is 1. The Labute approximate surface area is 193 Å². The van der Waals surface area contributed by atoms with Crippen molar-refractivity contribution in [3.05, 3.63) is 76.0 Å². The summed E-state index contributed by atoms with van der Waals surface area (Å²) in [6.45, 7) is 8.53. The molecule has 0 radical (unpaired) electrons. The predicted molar refractivity (Wildman–Crippen MR) is 134 cm³/mol. The Bertz CT molecular complexity index is 1370. The lowest BCUT2D eigenvalue weighted by molar-refractivity contribution is 0.417. The molecule has 33 heavy (non-hydrogen) atoms. The highest BCUT2D eigenvalue weighted by atomic mass is 16.5. The van der Waals surface area contributed by atoms with Crippen LogP contribution in [-0.2, 0) is 6.54 Å². The minimum Gasteiger partial charge on any atom is -0.496 e. The number of nitrogens with zero attached hydrogens (tertiary/aromatic N) is 3. The van der Waals surface area contributed by atoms with Gasteiger partial charge in [-0.15, -0.1) is 0 Å². The summed E-state index contributed by atoms with van der Waals surface area (Å²) in [4.78, 5) is 21.4. The summed E-state index contributed by atoms with van der Waals surface area (Å²) in [6.07, 6.45) is 1.85. The van der Waals surface area contributed by atoms with Crippen molar-refractivity contribution < 1.29 is 4.74 Å². The zero-order valence-electron chi connectivity index (χ0n) is 19.6. The van der Waals surface area contributed by atoms with Crippen LogP contribution in [-0.4, -0.2) is 21.6 Å². The molecule has 7 nitrogen and oxygen atoms in total. The number of nitrogens with one attached hydrogen (secondary N) is 1. The van der Waals surface area contributed by atoms with Gasteiger partial charge in [-0.25, -0.2) is 9.97 Å². The van der Waals surface area contributed by atoms with Crippen molar-refractivity contribution in [2.45, 2.75) is 40.3 Å². The molecule has 0 fully saturated rings. The fourth-order valence-electron chi connectivity index (χ4n) is 4.10. The van der Waals surface area contributed by atoms with Gasteiger partial charge in [0.1, 0.15) is 17.4 Å². The first kappa shape index (κ1) is 22.3. The van der Waals surface area contributed by atoms with E-state index in [-0.39, 0.29) is 11.6 Å². The maximum Gasteiger partial charge on any atom is 0.250 e. The molecule has 4 rings (SSSR count). The van der Waals surface area contributed by atoms with Gasteiger partial charge < -0.3 is 20.4 Å². The highest BCUT2D eigenvalue weighted by Crippen LogP contribution is 2.36. The largest absolute Gasteiger partial charge is 0.496 e. The van der Waals surface area contributed by atoms with Gasteiger partial charge in [-0.05, 0) is 63.1 Å². The number of hydrogen-bond donors (Lipinski definition) is 2. The summed E-state index contributed by atoms with van der Waals surface area (Å²) in [5, 5.41) is 4.41. The number of hydrogen-bond acceptors (Lipinski definition) is 6. The zero-order valence-corrected chi connectivity index (χ0v) is 19.6. The standard InChI is InChI=1S/C26H29N5O2/c1-6-31-14-18(7-8-25(31)32)21-12-22-23(13-24(21)33-5)29-17(4)30-26(22)28-16(3)19-9-15(2)10-20(27)11-19/h7-14,16H,6,27H2,1-5H3,(H,28,29,30)/t16-/m1/s1. The van der Waals surface area contributed by atoms with E-state index in [1.165, 1.54) is 0 Å². The molecule has 0 saturated heterocycles. The highest BCUT2D eigenvalue weighted by Gasteiger charge is 2.16. The van der Waals surface area contributed by atoms with Gasteiger partial charge in [0.15, 0.2) is 0 Å². The Morgan fingerprint density at radius 2 is 1.91 bits per heavy atom. The van der Waals surface area contributed by atoms with Crippen LogP contribution in [0.25, 0.3) is 22.0 Å². The first-order valence-electron chi connectivity index (χ1n) is 11.0. The molecule has 0 aliphatic rings. The monoisotopic (exact) mass is 443 g/mol. The van der Waals surface area contributed by atoms with Gasteiger partial charge in [-0.1, -0.05) is 6.07 Å². The second-order valence-corrected chi connectivity index (χ2v) is 8.27. The number of aryl methyl sites for hydroxylation is 3. The number of methoxy groups -OCH3 is 1. The summed E-state index contributed by atoms with van der Waals surface area (Å²) < 4.78 is 7.36. The molecule has 4 aromatic rings. The first-order valence-corrected chi connectivity index (χ1v) is 11.0. The molecule has 0 aliphatic heterocycles. The number of nitrogen functional groups attached to an aromatic ring is 1. The average molecular weight is 444 g/mol. The molecule has 0 unspecified atom stereocenters. The summed E-state index contributed by atoms with van der Waals surface area (Å²) in [6, 6.07) is 13.4. The molecule has 0 bridgehead atoms. The van der Waals surface area contributed by atoms with Crippen LogP contribution in [0.4, 0.5) is 11.5 Å². The highest BCUT2D eigenvalue weighted by molar-refractivity contribution is 5.95. The number of ether oxygens (including phenoxy) is 1. The van der Waals surface area contributed by atoms with Crippen LogP contribution >= 0.6 is 0 Å². The number of aromatic nitrogens is 3. The first-order chi connectivity index (χ1) is 15.8. The van der Waals surface area contributed by atoms with Crippen molar-refractivity contribution in [2.75, 3.05) is 18.2 Å². The Hall–Kier alpha value is -3.87. The quantitative estimate of drug-likeness (QED) is 0.413. The molecular weight excluding hydrogens is 414 g/mol. The third kappa shape index (κ3) is 4.53. The molecule has 2 aromatic carbocycles. The minimum atomic E-state index is -0.0337. The number of anilines is 2. The molecule has 7 heteroatoms. The molecule has 2 aromatic heterocycles. The van der Waals surface area contributed by atoms with Crippen molar-refractivity contribution in [2.24, 2.45) is 0 Å². The summed E-state index contributed by atoms with van der Waals surface area (Å²) in [5.41, 5.74) is 11.5. The van der Waals surface area contributed by atoms with Crippen molar-refractivity contribution in [1.82, 2.24) is 14.5 Å². The average Bonchev–Trinajstić information content (AvgIpc) is 2.77. The molecule has 2 heterocycles. The van der Waals surface area contributed by atoms with Crippen LogP contribution < -0.4 is 21.3 Å². The number of nitrogens with two attached hydrogens (primary N) is 1. The van der Waals surface area contributed by atoms with Crippen LogP contribution in [0.15, 0.2) is 53.5 Å². The topological polar surface area (TPSA) is 95.1 Å². The number of rotatable bonds is 6. The zero-order chi connectivity index (χ0) is 23.7. The van der Waals surface area contributed by atoms with E-state index >= 15 is 0 Å². The molecule has 0 spiro atoms. The van der Waals surface area contributed by atoms with E-state index in [0.29, 0.717) is 18.1 Å². The Morgan fingerprint density at radius 1 is 1.12 bits per heavy atom. The van der Waals surface area contributed by atoms with Crippen LogP contribution in [0.3, 0.4) is 0 Å². The van der Waals surface area contributed by atoms with E-state index in [4.69, 9.17) is 15.5 Å². The Balaban J connectivity index is 1.85. The molecule has 0 saturated carbocycles. The van der Waals surface area contributed by atoms with E-state index in [9.17, 15) is 4.79 Å². The normalized spacial score (nSPS) is 12.0. The van der Waals surface area contributed by atoms with E-state index in [0.717, 1.165) is 44.7 Å². The Kier molecular flexibility index (Phi) is 6.05. The van der Waals surface area contributed by atoms with Crippen LogP contribution in [0.1, 0.15) is 36.8 Å². The lowest BCUT2D eigenvalue weighted by Gasteiger charge is -2.19. The summed E-state index contributed by atoms with van der Waals surface area (Å²) in [7, 11) is 1.64. The fourth-order valence-corrected chi connectivity index (χ4v) is 4.10. The van der Waals surface area contributed by atoms with Crippen LogP contribution in [0.5, 0.6) is 5.75 Å². The molecule has 170 valence electrons. The van der Waals surface area contributed by atoms with Crippen LogP contribution in [0.2, 0.25) is 0 Å². The van der Waals surface area contributed by atoms with E-state index in [1.807, 2.05) is 57.3 Å². The fraction of sp³-hybridized carbons (Fsp3) is 0.269. The molecule has 1 atom stereocenters. The molecule has 0 amide bonds. The van der Waals surface area contributed by atoms with Gasteiger partial charge in [0.25, 0.3) is 5.56 Å². The molecule has 0 aliphatic carbocycles. The maximum atomic E-state index is 12.1. The lowest BCUT2D eigenvalue weighted by atomic mass is 10.0. The smallest absolute Gasteiger partial charge is 0.250 e. The van der Waals surface area contributed by atoms with Gasteiger partial charge in [0, 0.05) is 47.1 Å². The maximum absolute atomic E-state index is 12.1. The second kappa shape index (κ2) is 8.94. The third-order valence-electron chi connectivity index (χ3n) is 5.74. The van der Waals surface area contributed by atoms with Gasteiger partial charge in [0.2, 0.25) is 0 Å². The predicted octanol–water partition coefficient (Wildman–Crippen LogP) is 4.86. The van der Waals surface area contributed by atoms with E-state index in [1.54, 1.807) is 17.7 Å². The SMILES string of the molecule is CCn1cc(-c2cc3c(N[C@H](C)c4cc(C)cc(N)c4)nc(C)nc3cc2OC)ccc1=O. The van der Waals surface area contributed by atoms with E-state index < -0.39 is 0 Å². The van der Waals surface area contributed by atoms with Gasteiger partial charge in [-0.3, -0.25) is 4.79 Å². The second-order valence-electron chi connectivity index (χ2n) is 8.27. The minimum absolute atomic E-state index is 0.0164. The van der Waals surface area contributed by atoms with Crippen LogP contribution in [0, 0.1) is 13.8 Å². The molecule has 3 N–H and O–H groups in total. The summed E-state index contributed by atoms with van der Waals surface area (Å²) >= 11 is 0. The number of fused-ring (bicyclic) bond motifs is 1. The van der Waals surface area contributed by atoms with E-state index in [2.05, 4.69) is 23.3 Å². The number of benzene rings is 2.